The van der Waals surface area contributed by atoms with Crippen LogP contribution in [0.1, 0.15) is 6.92 Å². The lowest BCUT2D eigenvalue weighted by molar-refractivity contribution is -0.886. The molecule has 132 valence electrons. The van der Waals surface area contributed by atoms with Crippen LogP contribution in [0.15, 0.2) is 18.2 Å². The smallest absolute Gasteiger partial charge is 0.282 e. The fourth-order valence-corrected chi connectivity index (χ4v) is 2.59. The molecule has 0 aliphatic carbocycles. The van der Waals surface area contributed by atoms with Crippen molar-refractivity contribution in [2.24, 2.45) is 0 Å². The Morgan fingerprint density at radius 2 is 2.08 bits per heavy atom. The SMILES string of the molecule is C[C@H](C(=O)Nc1ccc(F)cc1Cl)[NH+](C)CC(=O)N1CCOCC1. The number of morpholine rings is 1. The van der Waals surface area contributed by atoms with Gasteiger partial charge in [0.25, 0.3) is 11.8 Å². The van der Waals surface area contributed by atoms with Crippen LogP contribution in [-0.2, 0) is 14.3 Å². The Bertz CT molecular complexity index is 608. The van der Waals surface area contributed by atoms with E-state index in [1.165, 1.54) is 12.1 Å². The highest BCUT2D eigenvalue weighted by atomic mass is 35.5. The van der Waals surface area contributed by atoms with Crippen LogP contribution in [-0.4, -0.2) is 62.7 Å². The zero-order valence-corrected chi connectivity index (χ0v) is 14.5. The van der Waals surface area contributed by atoms with Gasteiger partial charge in [-0.3, -0.25) is 9.59 Å². The van der Waals surface area contributed by atoms with Crippen LogP contribution < -0.4 is 10.2 Å². The average Bonchev–Trinajstić information content (AvgIpc) is 2.57. The molecule has 2 atom stereocenters. The quantitative estimate of drug-likeness (QED) is 0.789. The number of hydrogen-bond acceptors (Lipinski definition) is 3. The van der Waals surface area contributed by atoms with Gasteiger partial charge >= 0.3 is 0 Å². The standard InChI is InChI=1S/C16H21ClFN3O3/c1-11(16(23)19-14-4-3-12(18)9-13(14)17)20(2)10-15(22)21-5-7-24-8-6-21/h3-4,9,11H,5-8,10H2,1-2H3,(H,19,23)/p+1/t11-/m1/s1. The second-order valence-corrected chi connectivity index (χ2v) is 6.26. The van der Waals surface area contributed by atoms with Crippen molar-refractivity contribution in [3.05, 3.63) is 29.0 Å². The zero-order chi connectivity index (χ0) is 17.7. The normalized spacial score (nSPS) is 17.2. The summed E-state index contributed by atoms with van der Waals surface area (Å²) in [7, 11) is 1.79. The lowest BCUT2D eigenvalue weighted by Crippen LogP contribution is -3.15. The molecule has 0 aromatic heterocycles. The number of carbonyl (C=O) groups excluding carboxylic acids is 2. The summed E-state index contributed by atoms with van der Waals surface area (Å²) in [6.45, 7) is 4.20. The average molecular weight is 359 g/mol. The largest absolute Gasteiger partial charge is 0.378 e. The Morgan fingerprint density at radius 3 is 2.71 bits per heavy atom. The predicted molar refractivity (Wildman–Crippen MR) is 88.7 cm³/mol. The molecule has 0 saturated carbocycles. The van der Waals surface area contributed by atoms with Gasteiger partial charge < -0.3 is 19.9 Å². The Hall–Kier alpha value is -1.70. The van der Waals surface area contributed by atoms with E-state index in [2.05, 4.69) is 5.32 Å². The van der Waals surface area contributed by atoms with Gasteiger partial charge in [0.15, 0.2) is 12.6 Å². The van der Waals surface area contributed by atoms with Crippen molar-refractivity contribution in [2.45, 2.75) is 13.0 Å². The van der Waals surface area contributed by atoms with E-state index in [-0.39, 0.29) is 23.4 Å². The number of rotatable bonds is 5. The molecule has 1 aromatic carbocycles. The van der Waals surface area contributed by atoms with Crippen LogP contribution >= 0.6 is 11.6 Å². The molecule has 1 heterocycles. The lowest BCUT2D eigenvalue weighted by atomic mass is 10.2. The highest BCUT2D eigenvalue weighted by Crippen LogP contribution is 2.22. The van der Waals surface area contributed by atoms with Crippen molar-refractivity contribution < 1.29 is 23.6 Å². The Labute approximate surface area is 145 Å². The van der Waals surface area contributed by atoms with Gasteiger partial charge in [-0.2, -0.15) is 0 Å². The third-order valence-electron chi connectivity index (χ3n) is 4.12. The molecule has 2 rings (SSSR count). The molecule has 2 amide bonds. The first-order valence-electron chi connectivity index (χ1n) is 7.82. The molecule has 1 unspecified atom stereocenters. The summed E-state index contributed by atoms with van der Waals surface area (Å²) in [5.41, 5.74) is 0.349. The first-order chi connectivity index (χ1) is 11.4. The van der Waals surface area contributed by atoms with Crippen molar-refractivity contribution in [1.29, 1.82) is 0 Å². The van der Waals surface area contributed by atoms with Gasteiger partial charge in [-0.1, -0.05) is 11.6 Å². The molecule has 6 nitrogen and oxygen atoms in total. The number of hydrogen-bond donors (Lipinski definition) is 2. The molecule has 1 aliphatic heterocycles. The fraction of sp³-hybridized carbons (Fsp3) is 0.500. The van der Waals surface area contributed by atoms with Gasteiger partial charge in [0.1, 0.15) is 5.82 Å². The number of carbonyl (C=O) groups is 2. The summed E-state index contributed by atoms with van der Waals surface area (Å²) in [6, 6.07) is 3.32. The second-order valence-electron chi connectivity index (χ2n) is 5.85. The van der Waals surface area contributed by atoms with E-state index in [0.717, 1.165) is 11.0 Å². The molecule has 1 aromatic rings. The molecule has 1 fully saturated rings. The number of ether oxygens (including phenoxy) is 1. The maximum absolute atomic E-state index is 13.0. The van der Waals surface area contributed by atoms with Crippen molar-refractivity contribution in [1.82, 2.24) is 4.90 Å². The van der Waals surface area contributed by atoms with Crippen LogP contribution in [0, 0.1) is 5.82 Å². The monoisotopic (exact) mass is 358 g/mol. The number of halogens is 2. The number of nitrogens with zero attached hydrogens (tertiary/aromatic N) is 1. The number of likely N-dealkylation sites (N-methyl/N-ethyl adjacent to an activating group) is 1. The van der Waals surface area contributed by atoms with Crippen LogP contribution in [0.5, 0.6) is 0 Å². The summed E-state index contributed by atoms with van der Waals surface area (Å²) >= 11 is 5.91. The highest BCUT2D eigenvalue weighted by Gasteiger charge is 2.27. The van der Waals surface area contributed by atoms with Crippen LogP contribution in [0.4, 0.5) is 10.1 Å². The van der Waals surface area contributed by atoms with E-state index in [1.54, 1.807) is 18.9 Å². The molecule has 1 aliphatic rings. The minimum atomic E-state index is -0.468. The third kappa shape index (κ3) is 4.90. The number of anilines is 1. The molecule has 1 saturated heterocycles. The number of amides is 2. The van der Waals surface area contributed by atoms with Gasteiger partial charge in [0.05, 0.1) is 31.0 Å². The van der Waals surface area contributed by atoms with Crippen molar-refractivity contribution >= 4 is 29.1 Å². The van der Waals surface area contributed by atoms with E-state index in [0.29, 0.717) is 32.0 Å². The first kappa shape index (κ1) is 18.6. The molecular formula is C16H22ClFN3O3+. The Morgan fingerprint density at radius 1 is 1.42 bits per heavy atom. The molecule has 24 heavy (non-hydrogen) atoms. The van der Waals surface area contributed by atoms with E-state index in [1.807, 2.05) is 0 Å². The lowest BCUT2D eigenvalue weighted by Gasteiger charge is -2.28. The third-order valence-corrected chi connectivity index (χ3v) is 4.43. The molecular weight excluding hydrogens is 337 g/mol. The summed E-state index contributed by atoms with van der Waals surface area (Å²) in [5, 5.41) is 2.80. The van der Waals surface area contributed by atoms with E-state index < -0.39 is 11.9 Å². The van der Waals surface area contributed by atoms with Gasteiger partial charge in [0.2, 0.25) is 0 Å². The first-order valence-corrected chi connectivity index (χ1v) is 8.20. The Balaban J connectivity index is 1.90. The number of nitrogens with one attached hydrogen (secondary N) is 2. The maximum atomic E-state index is 13.0. The molecule has 0 radical (unpaired) electrons. The minimum Gasteiger partial charge on any atom is -0.378 e. The molecule has 0 bridgehead atoms. The second kappa shape index (κ2) is 8.41. The van der Waals surface area contributed by atoms with Gasteiger partial charge in [-0.05, 0) is 25.1 Å². The van der Waals surface area contributed by atoms with Crippen LogP contribution in [0.25, 0.3) is 0 Å². The van der Waals surface area contributed by atoms with Crippen LogP contribution in [0.2, 0.25) is 5.02 Å². The molecule has 0 spiro atoms. The highest BCUT2D eigenvalue weighted by molar-refractivity contribution is 6.33. The summed E-state index contributed by atoms with van der Waals surface area (Å²) < 4.78 is 18.3. The molecule has 2 N–H and O–H groups in total. The predicted octanol–water partition coefficient (Wildman–Crippen LogP) is 0.180. The maximum Gasteiger partial charge on any atom is 0.282 e. The van der Waals surface area contributed by atoms with E-state index in [4.69, 9.17) is 16.3 Å². The van der Waals surface area contributed by atoms with E-state index >= 15 is 0 Å². The Kier molecular flexibility index (Phi) is 6.53. The van der Waals surface area contributed by atoms with Crippen LogP contribution in [0.3, 0.4) is 0 Å². The van der Waals surface area contributed by atoms with E-state index in [9.17, 15) is 14.0 Å². The minimum absolute atomic E-state index is 0.00438. The van der Waals surface area contributed by atoms with Gasteiger partial charge in [0, 0.05) is 13.1 Å². The van der Waals surface area contributed by atoms with Gasteiger partial charge in [-0.25, -0.2) is 4.39 Å². The van der Waals surface area contributed by atoms with Crippen molar-refractivity contribution in [3.8, 4) is 0 Å². The fourth-order valence-electron chi connectivity index (χ4n) is 2.37. The summed E-state index contributed by atoms with van der Waals surface area (Å²) in [6.07, 6.45) is 0. The molecule has 8 heteroatoms. The van der Waals surface area contributed by atoms with Crippen molar-refractivity contribution in [2.75, 3.05) is 45.2 Å². The summed E-state index contributed by atoms with van der Waals surface area (Å²) in [4.78, 5) is 27.1. The van der Waals surface area contributed by atoms with Crippen molar-refractivity contribution in [3.63, 3.8) is 0 Å². The summed E-state index contributed by atoms with van der Waals surface area (Å²) in [5.74, 6) is -0.754. The topological polar surface area (TPSA) is 63.1 Å². The number of benzene rings is 1. The zero-order valence-electron chi connectivity index (χ0n) is 13.8. The number of quaternary nitrogens is 1. The van der Waals surface area contributed by atoms with Gasteiger partial charge in [-0.15, -0.1) is 0 Å².